The number of phenols is 2. The van der Waals surface area contributed by atoms with Crippen LogP contribution in [0.3, 0.4) is 0 Å². The van der Waals surface area contributed by atoms with Gasteiger partial charge in [0.25, 0.3) is 5.91 Å². The van der Waals surface area contributed by atoms with Crippen LogP contribution in [0.4, 0.5) is 0 Å². The second kappa shape index (κ2) is 25.4. The number of benzene rings is 3. The first-order chi connectivity index (χ1) is 38.9. The second-order valence-electron chi connectivity index (χ2n) is 20.0. The third-order valence-electron chi connectivity index (χ3n) is 13.9. The number of rotatable bonds is 12. The summed E-state index contributed by atoms with van der Waals surface area (Å²) in [4.78, 5) is 115. The fourth-order valence-electron chi connectivity index (χ4n) is 9.58. The van der Waals surface area contributed by atoms with Crippen LogP contribution in [0.25, 0.3) is 22.6 Å². The van der Waals surface area contributed by atoms with Gasteiger partial charge in [-0.3, -0.25) is 47.8 Å². The van der Waals surface area contributed by atoms with Crippen LogP contribution in [-0.2, 0) is 44.0 Å². The lowest BCUT2D eigenvalue weighted by atomic mass is 9.96. The standard InChI is InChI=1S/C50H59N9O23S/c1-20-17-58-39(40(20)67)45(72)55-46(73)50(77)59(47(74)24-5-3-22(4-6-24)28-15-32(81-56-28)23-7-10-26(61)11-8-23)19-35(66)52-36(21(2)60)48(75)57-18-27(62)14-29(57)43(70)54-38(44(71)53-37(49(58)76)31(64)16-34(51)65)42(69)41(68)25-9-12-30(63)33(13-25)82-83(78,79)80/h3-13,15,20-21,27,29,31,36-42,46,50,60-64,67-69,73,77H,14,16-19H2,1-2H3,(H2,51,65)(H,52,66)(H,53,71)(H,54,70)(H,55,72)(H,78,79,80)/t20-,21+,27+,29-,31+,36-,37-,38-,39-,40-,41-,42-,46+,50-/m0/s1. The Kier molecular flexibility index (Phi) is 19.0. The maximum Gasteiger partial charge on any atom is 0.446 e. The van der Waals surface area contributed by atoms with Crippen molar-refractivity contribution in [2.45, 2.75) is 106 Å². The Morgan fingerprint density at radius 2 is 1.41 bits per heavy atom. The van der Waals surface area contributed by atoms with Gasteiger partial charge in [0, 0.05) is 48.2 Å². The molecule has 7 rings (SSSR count). The van der Waals surface area contributed by atoms with E-state index in [0.717, 1.165) is 13.0 Å². The van der Waals surface area contributed by atoms with Crippen molar-refractivity contribution >= 4 is 57.7 Å². The number of carbonyl (C=O) groups is 8. The number of phenolic OH excluding ortho intramolecular Hbond substituents is 2. The normalized spacial score (nSPS) is 26.7. The number of hydrogen-bond donors (Lipinski definition) is 16. The molecule has 17 N–H and O–H groups in total. The SMILES string of the molecule is C[C@@H](O)[C@@H]1NC(=O)CN(C(=O)c2ccc(-c3cc(-c4ccc(O)cc4)on3)cc2)[C@@H](O)[C@@H](O)NC(=O)[C@@H]2[C@@H](O)[C@@H](C)CN2C(=O)[C@H]([C@H](O)CC(N)=O)NC(=O)[C@H]([C@H](O)[C@@H](O)c2ccc(O)c(OS(=O)(=O)O)c2)NC(=O)[C@@H]2C[C@@H](O)CN2C1=O. The smallest absolute Gasteiger partial charge is 0.446 e. The number of hydrogen-bond acceptors (Lipinski definition) is 23. The highest BCUT2D eigenvalue weighted by molar-refractivity contribution is 7.81. The number of nitrogens with two attached hydrogens (primary N) is 1. The molecule has 0 unspecified atom stereocenters. The second-order valence-corrected chi connectivity index (χ2v) is 21.0. The molecule has 0 spiro atoms. The zero-order valence-corrected chi connectivity index (χ0v) is 44.5. The number of primary amides is 1. The third-order valence-corrected chi connectivity index (χ3v) is 14.3. The highest BCUT2D eigenvalue weighted by atomic mass is 32.3. The summed E-state index contributed by atoms with van der Waals surface area (Å²) in [5.41, 5.74) is 5.64. The lowest BCUT2D eigenvalue weighted by Crippen LogP contribution is -2.64. The number of nitrogens with zero attached hydrogens (tertiary/aromatic N) is 4. The first-order valence-corrected chi connectivity index (χ1v) is 26.5. The summed E-state index contributed by atoms with van der Waals surface area (Å²) in [6.07, 6.45) is -19.9. The number of nitrogens with one attached hydrogen (secondary N) is 4. The van der Waals surface area contributed by atoms with E-state index in [0.29, 0.717) is 43.7 Å². The minimum atomic E-state index is -5.35. The van der Waals surface area contributed by atoms with Gasteiger partial charge in [-0.2, -0.15) is 8.42 Å². The Balaban J connectivity index is 1.28. The van der Waals surface area contributed by atoms with Gasteiger partial charge in [0.05, 0.1) is 30.8 Å². The number of aliphatic hydroxyl groups is 8. The van der Waals surface area contributed by atoms with E-state index in [1.54, 1.807) is 18.2 Å². The molecule has 32 nitrogen and oxygen atoms in total. The molecule has 1 aromatic heterocycles. The average Bonchev–Trinajstić information content (AvgIpc) is 3.51. The third kappa shape index (κ3) is 14.3. The Labute approximate surface area is 469 Å². The summed E-state index contributed by atoms with van der Waals surface area (Å²) in [6, 6.07) is 3.66. The summed E-state index contributed by atoms with van der Waals surface area (Å²) in [6.45, 7) is -0.293. The van der Waals surface area contributed by atoms with Crippen LogP contribution < -0.4 is 31.2 Å². The number of aliphatic hydroxyl groups excluding tert-OH is 8. The minimum Gasteiger partial charge on any atom is -0.508 e. The molecule has 0 bridgehead atoms. The summed E-state index contributed by atoms with van der Waals surface area (Å²) >= 11 is 0. The number of carbonyl (C=O) groups excluding carboxylic acids is 8. The Morgan fingerprint density at radius 1 is 0.783 bits per heavy atom. The van der Waals surface area contributed by atoms with E-state index < -0.39 is 192 Å². The predicted octanol–water partition coefficient (Wildman–Crippen LogP) is -5.85. The van der Waals surface area contributed by atoms with Gasteiger partial charge < -0.3 is 96.6 Å². The van der Waals surface area contributed by atoms with Gasteiger partial charge in [-0.1, -0.05) is 30.3 Å². The molecule has 0 saturated carbocycles. The van der Waals surface area contributed by atoms with E-state index in [-0.39, 0.29) is 17.0 Å². The van der Waals surface area contributed by atoms with E-state index >= 15 is 0 Å². The number of fused-ring (bicyclic) bond motifs is 2. The molecule has 4 aromatic rings. The van der Waals surface area contributed by atoms with Crippen molar-refractivity contribution in [2.24, 2.45) is 11.7 Å². The number of amides is 8. The highest BCUT2D eigenvalue weighted by Gasteiger charge is 2.51. The highest BCUT2D eigenvalue weighted by Crippen LogP contribution is 2.33. The zero-order valence-electron chi connectivity index (χ0n) is 43.6. The summed E-state index contributed by atoms with van der Waals surface area (Å²) in [7, 11) is -5.35. The maximum absolute atomic E-state index is 14.7. The van der Waals surface area contributed by atoms with E-state index in [1.807, 2.05) is 10.6 Å². The van der Waals surface area contributed by atoms with Crippen molar-refractivity contribution in [1.82, 2.24) is 41.1 Å². The molecule has 33 heteroatoms. The average molecular weight is 1190 g/mol. The molecule has 3 aliphatic heterocycles. The van der Waals surface area contributed by atoms with E-state index in [2.05, 4.69) is 20.0 Å². The number of aromatic nitrogens is 1. The van der Waals surface area contributed by atoms with Crippen molar-refractivity contribution in [3.05, 3.63) is 83.9 Å². The van der Waals surface area contributed by atoms with Crippen molar-refractivity contribution in [1.29, 1.82) is 0 Å². The summed E-state index contributed by atoms with van der Waals surface area (Å²) in [5, 5.41) is 123. The molecule has 448 valence electrons. The van der Waals surface area contributed by atoms with Gasteiger partial charge in [-0.05, 0) is 61.0 Å². The van der Waals surface area contributed by atoms with Gasteiger partial charge >= 0.3 is 10.4 Å². The van der Waals surface area contributed by atoms with Crippen LogP contribution in [0.5, 0.6) is 17.2 Å². The fourth-order valence-corrected chi connectivity index (χ4v) is 9.94. The van der Waals surface area contributed by atoms with Crippen LogP contribution in [-0.4, -0.2) is 224 Å². The Bertz CT molecular complexity index is 3220. The lowest BCUT2D eigenvalue weighted by molar-refractivity contribution is -0.150. The number of aromatic hydroxyl groups is 2. The van der Waals surface area contributed by atoms with E-state index in [1.165, 1.54) is 43.3 Å². The Morgan fingerprint density at radius 3 is 2.04 bits per heavy atom. The first-order valence-electron chi connectivity index (χ1n) is 25.2. The molecule has 4 heterocycles. The maximum atomic E-state index is 14.7. The Hall–Kier alpha value is -8.38. The largest absolute Gasteiger partial charge is 0.508 e. The van der Waals surface area contributed by atoms with Gasteiger partial charge in [0.1, 0.15) is 60.4 Å². The lowest BCUT2D eigenvalue weighted by Gasteiger charge is -2.35. The van der Waals surface area contributed by atoms with E-state index in [4.69, 9.17) is 10.3 Å². The molecule has 3 saturated heterocycles. The van der Waals surface area contributed by atoms with Gasteiger partial charge in [-0.25, -0.2) is 0 Å². The molecular weight excluding hydrogens is 1130 g/mol. The van der Waals surface area contributed by atoms with Gasteiger partial charge in [0.15, 0.2) is 29.7 Å². The van der Waals surface area contributed by atoms with Crippen LogP contribution in [0.2, 0.25) is 0 Å². The predicted molar refractivity (Wildman–Crippen MR) is 276 cm³/mol. The minimum absolute atomic E-state index is 0.000737. The van der Waals surface area contributed by atoms with Gasteiger partial charge in [0.2, 0.25) is 41.4 Å². The van der Waals surface area contributed by atoms with Crippen molar-refractivity contribution < 1.29 is 111 Å². The molecule has 14 atom stereocenters. The van der Waals surface area contributed by atoms with E-state index in [9.17, 15) is 102 Å². The van der Waals surface area contributed by atoms with Crippen LogP contribution >= 0.6 is 0 Å². The summed E-state index contributed by atoms with van der Waals surface area (Å²) < 4.78 is 42.0. The molecule has 3 aromatic carbocycles. The molecule has 8 amide bonds. The van der Waals surface area contributed by atoms with Crippen molar-refractivity contribution in [3.63, 3.8) is 0 Å². The van der Waals surface area contributed by atoms with Crippen LogP contribution in [0.15, 0.2) is 77.3 Å². The molecule has 0 aliphatic carbocycles. The van der Waals surface area contributed by atoms with Crippen molar-refractivity contribution in [3.8, 4) is 39.8 Å². The molecule has 3 aliphatic rings. The van der Waals surface area contributed by atoms with Gasteiger partial charge in [-0.15, -0.1) is 0 Å². The molecular formula is C50H59N9O23S. The monoisotopic (exact) mass is 1190 g/mol. The molecule has 3 fully saturated rings. The zero-order chi connectivity index (χ0) is 61.1. The quantitative estimate of drug-likeness (QED) is 0.0588. The summed E-state index contributed by atoms with van der Waals surface area (Å²) in [5.74, 6) is -14.1. The molecule has 0 radical (unpaired) electrons. The van der Waals surface area contributed by atoms with Crippen LogP contribution in [0.1, 0.15) is 48.7 Å². The fraction of sp³-hybridized carbons (Fsp3) is 0.420. The van der Waals surface area contributed by atoms with Crippen LogP contribution in [0, 0.1) is 5.92 Å². The molecule has 83 heavy (non-hydrogen) atoms. The topological polar surface area (TPSA) is 512 Å². The first kappa shape index (κ1) is 62.2. The van der Waals surface area contributed by atoms with Crippen molar-refractivity contribution in [2.75, 3.05) is 19.6 Å².